The van der Waals surface area contributed by atoms with Gasteiger partial charge in [-0.15, -0.1) is 0 Å². The van der Waals surface area contributed by atoms with E-state index in [4.69, 9.17) is 12.2 Å². The number of hydrogen-bond acceptors (Lipinski definition) is 9. The summed E-state index contributed by atoms with van der Waals surface area (Å²) in [6, 6.07) is 7.02. The van der Waals surface area contributed by atoms with E-state index in [0.29, 0.717) is 6.42 Å². The molecule has 0 bridgehead atoms. The number of aliphatic carboxylic acids is 4. The van der Waals surface area contributed by atoms with Crippen molar-refractivity contribution in [3.05, 3.63) is 29.8 Å². The highest BCUT2D eigenvalue weighted by Crippen LogP contribution is 2.15. The van der Waals surface area contributed by atoms with Crippen molar-refractivity contribution in [1.82, 2.24) is 19.6 Å². The van der Waals surface area contributed by atoms with Crippen LogP contribution in [0.25, 0.3) is 0 Å². The van der Waals surface area contributed by atoms with Crippen LogP contribution in [0.2, 0.25) is 0 Å². The lowest BCUT2D eigenvalue weighted by Gasteiger charge is -2.37. The van der Waals surface area contributed by atoms with E-state index in [9.17, 15) is 39.6 Å². The summed E-state index contributed by atoms with van der Waals surface area (Å²) in [5.41, 5.74) is 3.08. The van der Waals surface area contributed by atoms with Gasteiger partial charge in [-0.2, -0.15) is 0 Å². The molecular weight excluding hydrogens is 518 g/mol. The summed E-state index contributed by atoms with van der Waals surface area (Å²) in [6.45, 7) is 0.593. The molecule has 38 heavy (non-hydrogen) atoms. The van der Waals surface area contributed by atoms with Crippen LogP contribution in [0.15, 0.2) is 24.3 Å². The molecule has 2 rings (SSSR count). The van der Waals surface area contributed by atoms with Crippen molar-refractivity contribution < 1.29 is 39.6 Å². The summed E-state index contributed by atoms with van der Waals surface area (Å²) in [4.78, 5) is 53.0. The van der Waals surface area contributed by atoms with Crippen LogP contribution in [-0.2, 0) is 25.6 Å². The zero-order chi connectivity index (χ0) is 28.1. The number of nitrogens with one attached hydrogen (secondary N) is 1. The number of thiocarbonyl (C=S) groups is 1. The summed E-state index contributed by atoms with van der Waals surface area (Å²) >= 11 is 4.81. The lowest BCUT2D eigenvalue weighted by Crippen LogP contribution is -2.53. The third-order valence-corrected chi connectivity index (χ3v) is 6.34. The molecule has 1 fully saturated rings. The quantitative estimate of drug-likeness (QED) is 0.210. The van der Waals surface area contributed by atoms with Gasteiger partial charge in [0.2, 0.25) is 0 Å². The smallest absolute Gasteiger partial charge is 0.317 e. The number of carbonyl (C=O) groups is 4. The van der Waals surface area contributed by atoms with Gasteiger partial charge in [0.25, 0.3) is 0 Å². The molecule has 0 amide bonds. The topological polar surface area (TPSA) is 174 Å². The third kappa shape index (κ3) is 11.9. The van der Waals surface area contributed by atoms with E-state index in [0.717, 1.165) is 11.3 Å². The van der Waals surface area contributed by atoms with Gasteiger partial charge in [-0.25, -0.2) is 0 Å². The molecule has 1 saturated heterocycles. The molecule has 1 aliphatic heterocycles. The number of carboxylic acids is 4. The Kier molecular flexibility index (Phi) is 13.0. The Morgan fingerprint density at radius 3 is 1.66 bits per heavy atom. The SMILES string of the molecule is O=C(O)CN1CCN(CC(=O)O)CCN(CC(=O)O)C(Cc2ccc(NC=S)cc2)CN(CC(=O)O)CC1. The first-order chi connectivity index (χ1) is 18.0. The van der Waals surface area contributed by atoms with Gasteiger partial charge in [0.15, 0.2) is 0 Å². The van der Waals surface area contributed by atoms with E-state index in [1.54, 1.807) is 19.6 Å². The van der Waals surface area contributed by atoms with Crippen molar-refractivity contribution in [3.8, 4) is 0 Å². The third-order valence-electron chi connectivity index (χ3n) is 6.22. The molecule has 0 saturated carbocycles. The maximum absolute atomic E-state index is 11.8. The first-order valence-electron chi connectivity index (χ1n) is 12.1. The number of hydrogen-bond donors (Lipinski definition) is 5. The number of rotatable bonds is 12. The monoisotopic (exact) mass is 553 g/mol. The van der Waals surface area contributed by atoms with E-state index < -0.39 is 29.9 Å². The average molecular weight is 554 g/mol. The minimum atomic E-state index is -1.05. The molecule has 1 aliphatic rings. The standard InChI is InChI=1S/C24H35N5O8S/c30-21(31)13-26-5-6-27(14-22(32)33)9-10-29(16-24(36)37)20(12-28(8-7-26)15-23(34)35)11-18-1-3-19(4-2-18)25-17-38/h1-4,17,20H,5-16H2,(H,25,38)(H,30,31)(H,32,33)(H,34,35)(H,36,37). The number of anilines is 1. The highest BCUT2D eigenvalue weighted by atomic mass is 32.1. The second-order valence-electron chi connectivity index (χ2n) is 9.15. The zero-order valence-electron chi connectivity index (χ0n) is 21.1. The van der Waals surface area contributed by atoms with Crippen LogP contribution in [0.1, 0.15) is 5.56 Å². The molecular formula is C24H35N5O8S. The molecule has 5 N–H and O–H groups in total. The maximum Gasteiger partial charge on any atom is 0.317 e. The van der Waals surface area contributed by atoms with Crippen LogP contribution < -0.4 is 5.32 Å². The summed E-state index contributed by atoms with van der Waals surface area (Å²) in [7, 11) is 0. The molecule has 1 unspecified atom stereocenters. The zero-order valence-corrected chi connectivity index (χ0v) is 21.9. The van der Waals surface area contributed by atoms with Crippen LogP contribution in [-0.4, -0.2) is 147 Å². The maximum atomic E-state index is 11.8. The van der Waals surface area contributed by atoms with Gasteiger partial charge in [0, 0.05) is 57.5 Å². The summed E-state index contributed by atoms with van der Waals surface area (Å²) < 4.78 is 0. The normalized spacial score (nSPS) is 19.1. The Labute approximate surface area is 226 Å². The van der Waals surface area contributed by atoms with Crippen LogP contribution in [0.5, 0.6) is 0 Å². The van der Waals surface area contributed by atoms with Crippen molar-refractivity contribution in [2.45, 2.75) is 12.5 Å². The molecule has 1 aromatic rings. The van der Waals surface area contributed by atoms with Crippen molar-refractivity contribution in [2.75, 3.05) is 77.3 Å². The molecule has 14 heteroatoms. The first-order valence-corrected chi connectivity index (χ1v) is 12.6. The second kappa shape index (κ2) is 15.9. The average Bonchev–Trinajstić information content (AvgIpc) is 2.82. The van der Waals surface area contributed by atoms with Gasteiger partial charge >= 0.3 is 23.9 Å². The van der Waals surface area contributed by atoms with Gasteiger partial charge in [0.05, 0.1) is 31.7 Å². The van der Waals surface area contributed by atoms with E-state index in [1.165, 1.54) is 5.49 Å². The molecule has 1 atom stereocenters. The van der Waals surface area contributed by atoms with E-state index in [1.807, 2.05) is 24.3 Å². The highest BCUT2D eigenvalue weighted by molar-refractivity contribution is 7.79. The van der Waals surface area contributed by atoms with Gasteiger partial charge in [-0.05, 0) is 24.1 Å². The molecule has 13 nitrogen and oxygen atoms in total. The van der Waals surface area contributed by atoms with Gasteiger partial charge in [-0.3, -0.25) is 38.8 Å². The predicted octanol–water partition coefficient (Wildman–Crippen LogP) is -0.473. The van der Waals surface area contributed by atoms with Crippen molar-refractivity contribution >= 4 is 47.3 Å². The van der Waals surface area contributed by atoms with Crippen molar-refractivity contribution in [2.24, 2.45) is 0 Å². The largest absolute Gasteiger partial charge is 0.480 e. The van der Waals surface area contributed by atoms with Crippen molar-refractivity contribution in [1.29, 1.82) is 0 Å². The van der Waals surface area contributed by atoms with Gasteiger partial charge < -0.3 is 25.7 Å². The fourth-order valence-corrected chi connectivity index (χ4v) is 4.57. The molecule has 1 heterocycles. The number of benzene rings is 1. The van der Waals surface area contributed by atoms with E-state index >= 15 is 0 Å². The highest BCUT2D eigenvalue weighted by Gasteiger charge is 2.27. The van der Waals surface area contributed by atoms with Crippen molar-refractivity contribution in [3.63, 3.8) is 0 Å². The Hall–Kier alpha value is -3.17. The van der Waals surface area contributed by atoms with E-state index in [2.05, 4.69) is 5.32 Å². The summed E-state index contributed by atoms with van der Waals surface area (Å²) in [5.74, 6) is -4.18. The summed E-state index contributed by atoms with van der Waals surface area (Å²) in [6.07, 6.45) is 0.416. The van der Waals surface area contributed by atoms with Crippen LogP contribution in [0.4, 0.5) is 5.69 Å². The van der Waals surface area contributed by atoms with Gasteiger partial charge in [0.1, 0.15) is 0 Å². The number of nitrogens with zero attached hydrogens (tertiary/aromatic N) is 4. The molecule has 210 valence electrons. The predicted molar refractivity (Wildman–Crippen MR) is 143 cm³/mol. The Morgan fingerprint density at radius 1 is 0.737 bits per heavy atom. The minimum Gasteiger partial charge on any atom is -0.480 e. The molecule has 0 spiro atoms. The Bertz CT molecular complexity index is 964. The van der Waals surface area contributed by atoms with E-state index in [-0.39, 0.29) is 72.0 Å². The molecule has 1 aromatic carbocycles. The van der Waals surface area contributed by atoms with Crippen LogP contribution >= 0.6 is 12.2 Å². The molecule has 0 radical (unpaired) electrons. The molecule has 0 aromatic heterocycles. The molecule has 0 aliphatic carbocycles. The Balaban J connectivity index is 2.39. The lowest BCUT2D eigenvalue weighted by molar-refractivity contribution is -0.142. The second-order valence-corrected chi connectivity index (χ2v) is 9.39. The fraction of sp³-hybridized carbons (Fsp3) is 0.542. The Morgan fingerprint density at radius 2 is 1.18 bits per heavy atom. The lowest BCUT2D eigenvalue weighted by atomic mass is 10.0. The van der Waals surface area contributed by atoms with Crippen LogP contribution in [0, 0.1) is 0 Å². The minimum absolute atomic E-state index is 0.222. The first kappa shape index (κ1) is 31.1. The summed E-state index contributed by atoms with van der Waals surface area (Å²) in [5, 5.41) is 40.8. The number of carboxylic acid groups (broad SMARTS) is 4. The fourth-order valence-electron chi connectivity index (χ4n) is 4.43. The van der Waals surface area contributed by atoms with Gasteiger partial charge in [-0.1, -0.05) is 24.4 Å². The van der Waals surface area contributed by atoms with Crippen LogP contribution in [0.3, 0.4) is 0 Å².